The number of carbonyl (C=O) groups is 1. The Morgan fingerprint density at radius 1 is 1.14 bits per heavy atom. The molecule has 29 heavy (non-hydrogen) atoms. The molecule has 0 aliphatic carbocycles. The van der Waals surface area contributed by atoms with Crippen molar-refractivity contribution in [1.29, 1.82) is 0 Å². The van der Waals surface area contributed by atoms with Gasteiger partial charge in [-0.05, 0) is 45.7 Å². The number of hydrogen-bond donors (Lipinski definition) is 0. The smallest absolute Gasteiger partial charge is 0.380 e. The fourth-order valence-corrected chi connectivity index (χ4v) is 4.44. The zero-order valence-electron chi connectivity index (χ0n) is 17.6. The molecule has 1 aliphatic heterocycles. The summed E-state index contributed by atoms with van der Waals surface area (Å²) in [5, 5.41) is 10.9. The van der Waals surface area contributed by atoms with E-state index in [1.807, 2.05) is 18.2 Å². The average molecular weight is 397 g/mol. The van der Waals surface area contributed by atoms with Crippen molar-refractivity contribution in [1.82, 2.24) is 4.48 Å². The van der Waals surface area contributed by atoms with Crippen molar-refractivity contribution in [2.24, 2.45) is 0 Å². The summed E-state index contributed by atoms with van der Waals surface area (Å²) < 4.78 is 5.94. The Kier molecular flexibility index (Phi) is 5.75. The first-order chi connectivity index (χ1) is 13.7. The number of rotatable bonds is 6. The molecule has 0 N–H and O–H groups in total. The van der Waals surface area contributed by atoms with E-state index in [4.69, 9.17) is 4.74 Å². The number of nitro groups is 1. The van der Waals surface area contributed by atoms with E-state index < -0.39 is 4.92 Å². The van der Waals surface area contributed by atoms with Crippen LogP contribution in [0, 0.1) is 10.1 Å². The minimum absolute atomic E-state index is 0.00213. The highest BCUT2D eigenvalue weighted by atomic mass is 16.6. The molecule has 1 aliphatic rings. The van der Waals surface area contributed by atoms with Gasteiger partial charge in [0.05, 0.1) is 11.5 Å². The molecule has 3 rings (SSSR count). The van der Waals surface area contributed by atoms with Crippen LogP contribution in [-0.4, -0.2) is 23.6 Å². The van der Waals surface area contributed by atoms with Gasteiger partial charge in [-0.2, -0.15) is 9.28 Å². The number of non-ortho nitro benzene ring substituents is 1. The van der Waals surface area contributed by atoms with Gasteiger partial charge in [0.1, 0.15) is 17.5 Å². The maximum absolute atomic E-state index is 13.6. The van der Waals surface area contributed by atoms with Crippen molar-refractivity contribution in [2.45, 2.75) is 58.4 Å². The number of unbranched alkanes of at least 4 members (excludes halogenated alkanes) is 2. The summed E-state index contributed by atoms with van der Waals surface area (Å²) in [6, 6.07) is 13.8. The van der Waals surface area contributed by atoms with Crippen LogP contribution in [0.5, 0.6) is 5.75 Å². The Morgan fingerprint density at radius 3 is 2.41 bits per heavy atom. The lowest BCUT2D eigenvalue weighted by molar-refractivity contribution is -0.384. The van der Waals surface area contributed by atoms with Gasteiger partial charge in [-0.1, -0.05) is 31.5 Å². The average Bonchev–Trinajstić information content (AvgIpc) is 2.87. The topological polar surface area (TPSA) is 69.4 Å². The van der Waals surface area contributed by atoms with E-state index in [9.17, 15) is 14.9 Å². The number of hydrogen-bond acceptors (Lipinski definition) is 4. The predicted molar refractivity (Wildman–Crippen MR) is 114 cm³/mol. The summed E-state index contributed by atoms with van der Waals surface area (Å²) in [6.07, 6.45) is 2.69. The molecule has 0 spiro atoms. The highest BCUT2D eigenvalue weighted by Gasteiger charge is 2.60. The van der Waals surface area contributed by atoms with Crippen LogP contribution in [-0.2, 0) is 5.41 Å². The molecule has 2 aromatic carbocycles. The van der Waals surface area contributed by atoms with Crippen LogP contribution in [0.2, 0.25) is 0 Å². The predicted octanol–water partition coefficient (Wildman–Crippen LogP) is 5.97. The molecule has 0 saturated carbocycles. The number of amides is 1. The summed E-state index contributed by atoms with van der Waals surface area (Å²) in [5.74, 6) is 0.322. The van der Waals surface area contributed by atoms with Crippen molar-refractivity contribution in [3.63, 3.8) is 0 Å². The Labute approximate surface area is 171 Å². The molecule has 154 valence electrons. The maximum atomic E-state index is 13.6. The molecule has 0 fully saturated rings. The van der Waals surface area contributed by atoms with Crippen LogP contribution in [0.3, 0.4) is 0 Å². The van der Waals surface area contributed by atoms with Gasteiger partial charge in [-0.3, -0.25) is 10.1 Å². The van der Waals surface area contributed by atoms with E-state index in [0.717, 1.165) is 24.9 Å². The molecule has 1 amide bonds. The van der Waals surface area contributed by atoms with Gasteiger partial charge in [-0.25, -0.2) is 0 Å². The first-order valence-electron chi connectivity index (χ1n) is 10.2. The van der Waals surface area contributed by atoms with Gasteiger partial charge < -0.3 is 4.74 Å². The van der Waals surface area contributed by atoms with E-state index in [2.05, 4.69) is 33.8 Å². The number of fused-ring (bicyclic) bond motifs is 1. The second kappa shape index (κ2) is 7.95. The summed E-state index contributed by atoms with van der Waals surface area (Å²) in [5.41, 5.74) is 1.95. The maximum Gasteiger partial charge on any atom is 0.526 e. The first kappa shape index (κ1) is 21.0. The zero-order chi connectivity index (χ0) is 21.2. The van der Waals surface area contributed by atoms with E-state index >= 15 is 0 Å². The lowest BCUT2D eigenvalue weighted by Gasteiger charge is -2.37. The minimum atomic E-state index is -0.467. The molecule has 6 nitrogen and oxygen atoms in total. The second-order valence-corrected chi connectivity index (χ2v) is 8.33. The van der Waals surface area contributed by atoms with Crippen LogP contribution in [0.4, 0.5) is 16.2 Å². The summed E-state index contributed by atoms with van der Waals surface area (Å²) in [4.78, 5) is 24.0. The van der Waals surface area contributed by atoms with Gasteiger partial charge in [0.25, 0.3) is 5.69 Å². The largest absolute Gasteiger partial charge is 0.526 e. The normalized spacial score (nSPS) is 22.1. The van der Waals surface area contributed by atoms with Crippen LogP contribution < -0.4 is 9.22 Å². The fourth-order valence-electron chi connectivity index (χ4n) is 4.44. The van der Waals surface area contributed by atoms with Gasteiger partial charge in [0, 0.05) is 29.2 Å². The Hall–Kier alpha value is -2.73. The van der Waals surface area contributed by atoms with Crippen molar-refractivity contribution in [3.8, 4) is 5.75 Å². The molecule has 0 aromatic heterocycles. The van der Waals surface area contributed by atoms with Crippen LogP contribution in [0.25, 0.3) is 0 Å². The number of para-hydroxylation sites is 1. The van der Waals surface area contributed by atoms with E-state index in [0.29, 0.717) is 12.3 Å². The first-order valence-corrected chi connectivity index (χ1v) is 10.2. The minimum Gasteiger partial charge on any atom is -0.380 e. The van der Waals surface area contributed by atoms with Gasteiger partial charge in [0.2, 0.25) is 0 Å². The van der Waals surface area contributed by atoms with E-state index in [1.54, 1.807) is 0 Å². The third-order valence-corrected chi connectivity index (χ3v) is 6.43. The SMILES string of the molecule is CCCCC[N+]1(C(=O)Oc2ccc([N+](=O)[O-])cc2)c2ccccc2C(C)(C)C1C. The molecular formula is C23H29N2O4+. The highest BCUT2D eigenvalue weighted by Crippen LogP contribution is 2.50. The lowest BCUT2D eigenvalue weighted by Crippen LogP contribution is -2.62. The molecule has 0 saturated heterocycles. The van der Waals surface area contributed by atoms with Crippen LogP contribution in [0.15, 0.2) is 48.5 Å². The van der Waals surface area contributed by atoms with Crippen molar-refractivity contribution in [3.05, 3.63) is 64.2 Å². The van der Waals surface area contributed by atoms with E-state index in [1.165, 1.54) is 29.8 Å². The number of carbonyl (C=O) groups excluding carboxylic acids is 1. The molecule has 2 unspecified atom stereocenters. The van der Waals surface area contributed by atoms with Crippen molar-refractivity contribution < 1.29 is 14.5 Å². The standard InChI is InChI=1S/C23H29N2O4/c1-5-6-9-16-25(17(2)23(3,4)20-10-7-8-11-21(20)25)22(26)29-19-14-12-18(13-15-19)24(27)28/h7-8,10-15,17H,5-6,9,16H2,1-4H3/q+1. The highest BCUT2D eigenvalue weighted by molar-refractivity contribution is 5.88. The fraction of sp³-hybridized carbons (Fsp3) is 0.435. The summed E-state index contributed by atoms with van der Waals surface area (Å²) in [6.45, 7) is 9.28. The number of nitro benzene ring substituents is 1. The Morgan fingerprint density at radius 2 is 1.79 bits per heavy atom. The lowest BCUT2D eigenvalue weighted by atomic mass is 9.81. The Balaban J connectivity index is 2.01. The number of benzene rings is 2. The van der Waals surface area contributed by atoms with Crippen molar-refractivity contribution >= 4 is 17.5 Å². The molecule has 1 heterocycles. The van der Waals surface area contributed by atoms with Gasteiger partial charge in [-0.15, -0.1) is 0 Å². The molecule has 0 radical (unpaired) electrons. The third-order valence-electron chi connectivity index (χ3n) is 6.43. The quantitative estimate of drug-likeness (QED) is 0.260. The summed E-state index contributed by atoms with van der Waals surface area (Å²) >= 11 is 0. The molecule has 6 heteroatoms. The van der Waals surface area contributed by atoms with Gasteiger partial charge >= 0.3 is 6.09 Å². The van der Waals surface area contributed by atoms with E-state index in [-0.39, 0.29) is 27.7 Å². The number of quaternary nitrogens is 1. The zero-order valence-corrected chi connectivity index (χ0v) is 17.6. The molecule has 0 bridgehead atoms. The monoisotopic (exact) mass is 397 g/mol. The van der Waals surface area contributed by atoms with Gasteiger partial charge in [0.15, 0.2) is 0 Å². The molecular weight excluding hydrogens is 368 g/mol. The third kappa shape index (κ3) is 3.53. The number of ether oxygens (including phenoxy) is 1. The molecule has 2 aromatic rings. The Bertz CT molecular complexity index is 907. The van der Waals surface area contributed by atoms with Crippen molar-refractivity contribution in [2.75, 3.05) is 6.54 Å². The molecule has 2 atom stereocenters. The second-order valence-electron chi connectivity index (χ2n) is 8.33. The number of nitrogens with zero attached hydrogens (tertiary/aromatic N) is 2. The van der Waals surface area contributed by atoms with Crippen LogP contribution >= 0.6 is 0 Å². The summed E-state index contributed by atoms with van der Waals surface area (Å²) in [7, 11) is 0. The van der Waals surface area contributed by atoms with Crippen LogP contribution in [0.1, 0.15) is 52.5 Å².